The number of hydrogen-bond donors (Lipinski definition) is 1. The summed E-state index contributed by atoms with van der Waals surface area (Å²) in [5, 5.41) is 10.0. The van der Waals surface area contributed by atoms with Crippen LogP contribution in [0.5, 0.6) is 5.75 Å². The fourth-order valence-corrected chi connectivity index (χ4v) is 3.23. The van der Waals surface area contributed by atoms with Gasteiger partial charge in [0.15, 0.2) is 0 Å². The second kappa shape index (κ2) is 4.90. The summed E-state index contributed by atoms with van der Waals surface area (Å²) in [5.74, 6) is 1.94. The van der Waals surface area contributed by atoms with Gasteiger partial charge in [0.05, 0.1) is 13.2 Å². The standard InChI is InChI=1S/C12H16O2S/c1-14-11-4-2-9(3-5-11)12-8-10(13)6-7-15-12/h2-5,10,12-13H,6-8H2,1H3. The van der Waals surface area contributed by atoms with Crippen LogP contribution in [-0.4, -0.2) is 24.1 Å². The maximum absolute atomic E-state index is 9.60. The first kappa shape index (κ1) is 10.8. The molecule has 15 heavy (non-hydrogen) atoms. The first-order valence-electron chi connectivity index (χ1n) is 5.23. The predicted octanol–water partition coefficient (Wildman–Crippen LogP) is 2.62. The summed E-state index contributed by atoms with van der Waals surface area (Å²) in [7, 11) is 1.67. The van der Waals surface area contributed by atoms with Crippen molar-refractivity contribution in [3.05, 3.63) is 29.8 Å². The Hall–Kier alpha value is -0.670. The van der Waals surface area contributed by atoms with Crippen molar-refractivity contribution < 1.29 is 9.84 Å². The van der Waals surface area contributed by atoms with Crippen molar-refractivity contribution in [2.24, 2.45) is 0 Å². The third kappa shape index (κ3) is 2.67. The Labute approximate surface area is 94.6 Å². The number of hydrogen-bond acceptors (Lipinski definition) is 3. The second-order valence-corrected chi connectivity index (χ2v) is 5.12. The van der Waals surface area contributed by atoms with Gasteiger partial charge in [-0.1, -0.05) is 12.1 Å². The van der Waals surface area contributed by atoms with E-state index in [1.54, 1.807) is 7.11 Å². The lowest BCUT2D eigenvalue weighted by Gasteiger charge is -2.25. The van der Waals surface area contributed by atoms with Crippen molar-refractivity contribution in [1.82, 2.24) is 0 Å². The molecule has 0 amide bonds. The quantitative estimate of drug-likeness (QED) is 0.837. The van der Waals surface area contributed by atoms with E-state index in [-0.39, 0.29) is 6.10 Å². The van der Waals surface area contributed by atoms with Crippen LogP contribution >= 0.6 is 11.8 Å². The summed E-state index contributed by atoms with van der Waals surface area (Å²) >= 11 is 1.93. The first-order chi connectivity index (χ1) is 7.29. The zero-order valence-electron chi connectivity index (χ0n) is 8.85. The molecule has 1 N–H and O–H groups in total. The van der Waals surface area contributed by atoms with E-state index in [4.69, 9.17) is 4.74 Å². The Balaban J connectivity index is 2.07. The van der Waals surface area contributed by atoms with Gasteiger partial charge >= 0.3 is 0 Å². The second-order valence-electron chi connectivity index (χ2n) is 3.81. The minimum atomic E-state index is -0.127. The van der Waals surface area contributed by atoms with Crippen LogP contribution in [0.3, 0.4) is 0 Å². The van der Waals surface area contributed by atoms with Crippen LogP contribution in [0, 0.1) is 0 Å². The van der Waals surface area contributed by atoms with Gasteiger partial charge in [0.1, 0.15) is 5.75 Å². The minimum absolute atomic E-state index is 0.127. The Kier molecular flexibility index (Phi) is 3.54. The van der Waals surface area contributed by atoms with E-state index in [0.717, 1.165) is 24.3 Å². The van der Waals surface area contributed by atoms with Gasteiger partial charge in [-0.05, 0) is 36.3 Å². The predicted molar refractivity (Wildman–Crippen MR) is 63.4 cm³/mol. The molecule has 0 aliphatic carbocycles. The third-order valence-corrected chi connectivity index (χ3v) is 4.08. The molecular formula is C12H16O2S. The SMILES string of the molecule is COc1ccc(C2CC(O)CCS2)cc1. The normalized spacial score (nSPS) is 26.3. The van der Waals surface area contributed by atoms with E-state index in [1.807, 2.05) is 23.9 Å². The Morgan fingerprint density at radius 1 is 1.33 bits per heavy atom. The van der Waals surface area contributed by atoms with Gasteiger partial charge in [0, 0.05) is 5.25 Å². The molecule has 1 aromatic carbocycles. The highest BCUT2D eigenvalue weighted by Crippen LogP contribution is 2.38. The number of rotatable bonds is 2. The highest BCUT2D eigenvalue weighted by atomic mass is 32.2. The smallest absolute Gasteiger partial charge is 0.118 e. The van der Waals surface area contributed by atoms with Crippen molar-refractivity contribution in [3.8, 4) is 5.75 Å². The molecule has 1 aromatic rings. The van der Waals surface area contributed by atoms with Crippen LogP contribution in [0.4, 0.5) is 0 Å². The summed E-state index contributed by atoms with van der Waals surface area (Å²) in [5.41, 5.74) is 1.29. The van der Waals surface area contributed by atoms with E-state index in [9.17, 15) is 5.11 Å². The number of methoxy groups -OCH3 is 1. The van der Waals surface area contributed by atoms with Gasteiger partial charge in [-0.3, -0.25) is 0 Å². The van der Waals surface area contributed by atoms with Crippen LogP contribution in [0.2, 0.25) is 0 Å². The van der Waals surface area contributed by atoms with E-state index < -0.39 is 0 Å². The van der Waals surface area contributed by atoms with Crippen molar-refractivity contribution in [2.75, 3.05) is 12.9 Å². The van der Waals surface area contributed by atoms with Crippen molar-refractivity contribution in [2.45, 2.75) is 24.2 Å². The fourth-order valence-electron chi connectivity index (χ4n) is 1.83. The number of benzene rings is 1. The third-order valence-electron chi connectivity index (χ3n) is 2.74. The average Bonchev–Trinajstić information content (AvgIpc) is 2.29. The number of thioether (sulfide) groups is 1. The van der Waals surface area contributed by atoms with E-state index in [1.165, 1.54) is 5.56 Å². The summed E-state index contributed by atoms with van der Waals surface area (Å²) in [6.07, 6.45) is 1.67. The molecule has 1 heterocycles. The highest BCUT2D eigenvalue weighted by molar-refractivity contribution is 7.99. The Morgan fingerprint density at radius 2 is 2.07 bits per heavy atom. The number of ether oxygens (including phenoxy) is 1. The molecule has 1 aliphatic heterocycles. The summed E-state index contributed by atoms with van der Waals surface area (Å²) in [4.78, 5) is 0. The average molecular weight is 224 g/mol. The van der Waals surface area contributed by atoms with Crippen LogP contribution in [0.1, 0.15) is 23.7 Å². The molecule has 1 fully saturated rings. The first-order valence-corrected chi connectivity index (χ1v) is 6.28. The lowest BCUT2D eigenvalue weighted by Crippen LogP contribution is -2.17. The fraction of sp³-hybridized carbons (Fsp3) is 0.500. The highest BCUT2D eigenvalue weighted by Gasteiger charge is 2.21. The number of aliphatic hydroxyl groups excluding tert-OH is 1. The molecule has 0 spiro atoms. The monoisotopic (exact) mass is 224 g/mol. The Bertz CT molecular complexity index is 310. The van der Waals surface area contributed by atoms with Gasteiger partial charge in [0.25, 0.3) is 0 Å². The number of aliphatic hydroxyl groups is 1. The maximum atomic E-state index is 9.60. The van der Waals surface area contributed by atoms with Gasteiger partial charge in [-0.2, -0.15) is 11.8 Å². The van der Waals surface area contributed by atoms with Crippen LogP contribution in [-0.2, 0) is 0 Å². The zero-order chi connectivity index (χ0) is 10.7. The molecule has 0 bridgehead atoms. The lowest BCUT2D eigenvalue weighted by molar-refractivity contribution is 0.157. The molecule has 2 rings (SSSR count). The molecule has 2 nitrogen and oxygen atoms in total. The molecule has 2 unspecified atom stereocenters. The summed E-state index contributed by atoms with van der Waals surface area (Å²) in [6, 6.07) is 8.15. The topological polar surface area (TPSA) is 29.5 Å². The van der Waals surface area contributed by atoms with Gasteiger partial charge in [0.2, 0.25) is 0 Å². The van der Waals surface area contributed by atoms with Gasteiger partial charge < -0.3 is 9.84 Å². The van der Waals surface area contributed by atoms with E-state index >= 15 is 0 Å². The lowest BCUT2D eigenvalue weighted by atomic mass is 10.0. The van der Waals surface area contributed by atoms with Crippen molar-refractivity contribution >= 4 is 11.8 Å². The minimum Gasteiger partial charge on any atom is -0.497 e. The molecular weight excluding hydrogens is 208 g/mol. The summed E-state index contributed by atoms with van der Waals surface area (Å²) < 4.78 is 5.12. The van der Waals surface area contributed by atoms with Crippen LogP contribution < -0.4 is 4.74 Å². The van der Waals surface area contributed by atoms with Crippen molar-refractivity contribution in [1.29, 1.82) is 0 Å². The molecule has 1 saturated heterocycles. The van der Waals surface area contributed by atoms with Gasteiger partial charge in [-0.25, -0.2) is 0 Å². The Morgan fingerprint density at radius 3 is 2.67 bits per heavy atom. The molecule has 0 saturated carbocycles. The van der Waals surface area contributed by atoms with Crippen LogP contribution in [0.15, 0.2) is 24.3 Å². The molecule has 0 radical (unpaired) electrons. The maximum Gasteiger partial charge on any atom is 0.118 e. The van der Waals surface area contributed by atoms with Crippen LogP contribution in [0.25, 0.3) is 0 Å². The van der Waals surface area contributed by atoms with E-state index in [0.29, 0.717) is 5.25 Å². The summed E-state index contributed by atoms with van der Waals surface area (Å²) in [6.45, 7) is 0. The molecule has 0 aromatic heterocycles. The molecule has 3 heteroatoms. The largest absolute Gasteiger partial charge is 0.497 e. The van der Waals surface area contributed by atoms with Crippen molar-refractivity contribution in [3.63, 3.8) is 0 Å². The zero-order valence-corrected chi connectivity index (χ0v) is 9.67. The van der Waals surface area contributed by atoms with E-state index in [2.05, 4.69) is 12.1 Å². The van der Waals surface area contributed by atoms with Gasteiger partial charge in [-0.15, -0.1) is 0 Å². The molecule has 2 atom stereocenters. The molecule has 82 valence electrons. The molecule has 1 aliphatic rings.